The zero-order valence-corrected chi connectivity index (χ0v) is 17.3. The first-order valence-electron chi connectivity index (χ1n) is 8.56. The molecule has 1 amide bonds. The lowest BCUT2D eigenvalue weighted by Crippen LogP contribution is -2.21. The molecule has 8 nitrogen and oxygen atoms in total. The molecular formula is C20H16N2O6S2. The monoisotopic (exact) mass is 444 g/mol. The van der Waals surface area contributed by atoms with Crippen molar-refractivity contribution < 1.29 is 24.0 Å². The van der Waals surface area contributed by atoms with Crippen molar-refractivity contribution in [2.24, 2.45) is 0 Å². The standard InChI is InChI=1S/C20H16N2O6S2/c1-27-17-10-13(22(25)26)6-7-16(17)21-19(23)12-28-20(24)15(18-5-3-9-30-18)11-14-4-2-8-29-14/h2-11H,12H2,1H3,(H,21,23). The predicted molar refractivity (Wildman–Crippen MR) is 116 cm³/mol. The van der Waals surface area contributed by atoms with E-state index in [1.807, 2.05) is 29.0 Å². The van der Waals surface area contributed by atoms with Crippen LogP contribution in [0.25, 0.3) is 11.6 Å². The van der Waals surface area contributed by atoms with E-state index >= 15 is 0 Å². The zero-order chi connectivity index (χ0) is 21.5. The lowest BCUT2D eigenvalue weighted by atomic mass is 10.2. The number of anilines is 1. The van der Waals surface area contributed by atoms with Crippen molar-refractivity contribution in [3.8, 4) is 5.75 Å². The Morgan fingerprint density at radius 1 is 1.17 bits per heavy atom. The highest BCUT2D eigenvalue weighted by molar-refractivity contribution is 7.12. The number of nitro groups is 1. The maximum Gasteiger partial charge on any atom is 0.340 e. The fraction of sp³-hybridized carbons (Fsp3) is 0.100. The largest absolute Gasteiger partial charge is 0.494 e. The Hall–Kier alpha value is -3.50. The molecule has 3 rings (SSSR count). The maximum absolute atomic E-state index is 12.6. The normalized spacial score (nSPS) is 11.0. The molecule has 0 unspecified atom stereocenters. The molecule has 0 aliphatic heterocycles. The lowest BCUT2D eigenvalue weighted by molar-refractivity contribution is -0.384. The Morgan fingerprint density at radius 3 is 2.57 bits per heavy atom. The highest BCUT2D eigenvalue weighted by Gasteiger charge is 2.18. The molecule has 0 fully saturated rings. The van der Waals surface area contributed by atoms with Crippen LogP contribution >= 0.6 is 22.7 Å². The summed E-state index contributed by atoms with van der Waals surface area (Å²) in [5.74, 6) is -1.10. The van der Waals surface area contributed by atoms with E-state index in [1.165, 1.54) is 48.0 Å². The van der Waals surface area contributed by atoms with Gasteiger partial charge in [0, 0.05) is 15.8 Å². The Bertz CT molecular complexity index is 1070. The number of carbonyl (C=O) groups is 2. The van der Waals surface area contributed by atoms with Crippen LogP contribution in [-0.2, 0) is 14.3 Å². The van der Waals surface area contributed by atoms with Gasteiger partial charge in [0.1, 0.15) is 5.75 Å². The number of non-ortho nitro benzene ring substituents is 1. The minimum absolute atomic E-state index is 0.126. The van der Waals surface area contributed by atoms with E-state index in [4.69, 9.17) is 9.47 Å². The van der Waals surface area contributed by atoms with Crippen molar-refractivity contribution in [3.05, 3.63) is 73.1 Å². The van der Waals surface area contributed by atoms with Gasteiger partial charge >= 0.3 is 5.97 Å². The highest BCUT2D eigenvalue weighted by atomic mass is 32.1. The molecule has 1 N–H and O–H groups in total. The molecule has 10 heteroatoms. The topological polar surface area (TPSA) is 108 Å². The molecule has 1 aromatic carbocycles. The van der Waals surface area contributed by atoms with Gasteiger partial charge in [0.05, 0.1) is 29.4 Å². The van der Waals surface area contributed by atoms with Crippen molar-refractivity contribution in [1.82, 2.24) is 0 Å². The summed E-state index contributed by atoms with van der Waals surface area (Å²) in [7, 11) is 1.33. The fourth-order valence-electron chi connectivity index (χ4n) is 2.47. The number of thiophene rings is 2. The minimum atomic E-state index is -0.628. The SMILES string of the molecule is COc1cc([N+](=O)[O-])ccc1NC(=O)COC(=O)C(=Cc1cccs1)c1cccs1. The number of esters is 1. The van der Waals surface area contributed by atoms with Crippen LogP contribution in [0.4, 0.5) is 11.4 Å². The van der Waals surface area contributed by atoms with E-state index in [2.05, 4.69) is 5.32 Å². The van der Waals surface area contributed by atoms with Gasteiger partial charge in [-0.25, -0.2) is 4.79 Å². The van der Waals surface area contributed by atoms with Crippen LogP contribution in [0.1, 0.15) is 9.75 Å². The van der Waals surface area contributed by atoms with Crippen LogP contribution in [0.2, 0.25) is 0 Å². The van der Waals surface area contributed by atoms with Crippen LogP contribution in [0, 0.1) is 10.1 Å². The number of nitrogens with zero attached hydrogens (tertiary/aromatic N) is 1. The molecule has 0 saturated carbocycles. The lowest BCUT2D eigenvalue weighted by Gasteiger charge is -2.11. The zero-order valence-electron chi connectivity index (χ0n) is 15.7. The van der Waals surface area contributed by atoms with Crippen molar-refractivity contribution in [1.29, 1.82) is 0 Å². The van der Waals surface area contributed by atoms with Crippen LogP contribution in [-0.4, -0.2) is 30.5 Å². The van der Waals surface area contributed by atoms with Crippen molar-refractivity contribution in [2.45, 2.75) is 0 Å². The number of ether oxygens (including phenoxy) is 2. The van der Waals surface area contributed by atoms with Crippen LogP contribution < -0.4 is 10.1 Å². The van der Waals surface area contributed by atoms with E-state index in [9.17, 15) is 19.7 Å². The Labute approximate surface area is 179 Å². The van der Waals surface area contributed by atoms with Crippen molar-refractivity contribution in [3.63, 3.8) is 0 Å². The van der Waals surface area contributed by atoms with Gasteiger partial charge in [0.2, 0.25) is 0 Å². The third kappa shape index (κ3) is 5.31. The quantitative estimate of drug-likeness (QED) is 0.238. The number of hydrogen-bond donors (Lipinski definition) is 1. The number of carbonyl (C=O) groups excluding carboxylic acids is 2. The van der Waals surface area contributed by atoms with Gasteiger partial charge in [-0.15, -0.1) is 22.7 Å². The molecule has 0 aliphatic rings. The highest BCUT2D eigenvalue weighted by Crippen LogP contribution is 2.29. The maximum atomic E-state index is 12.6. The first-order chi connectivity index (χ1) is 14.5. The third-order valence-corrected chi connectivity index (χ3v) is 5.56. The molecule has 0 saturated heterocycles. The second-order valence-corrected chi connectivity index (χ2v) is 7.74. The van der Waals surface area contributed by atoms with Crippen LogP contribution in [0.3, 0.4) is 0 Å². The summed E-state index contributed by atoms with van der Waals surface area (Å²) in [4.78, 5) is 36.7. The molecule has 0 radical (unpaired) electrons. The second-order valence-electron chi connectivity index (χ2n) is 5.82. The van der Waals surface area contributed by atoms with Crippen LogP contribution in [0.5, 0.6) is 5.75 Å². The van der Waals surface area contributed by atoms with Gasteiger partial charge < -0.3 is 14.8 Å². The van der Waals surface area contributed by atoms with E-state index in [0.29, 0.717) is 5.57 Å². The summed E-state index contributed by atoms with van der Waals surface area (Å²) in [5.41, 5.74) is 0.417. The predicted octanol–water partition coefficient (Wildman–Crippen LogP) is 4.45. The van der Waals surface area contributed by atoms with E-state index in [-0.39, 0.29) is 17.1 Å². The smallest absolute Gasteiger partial charge is 0.340 e. The molecule has 0 spiro atoms. The summed E-state index contributed by atoms with van der Waals surface area (Å²) < 4.78 is 10.3. The van der Waals surface area contributed by atoms with Gasteiger partial charge in [-0.2, -0.15) is 0 Å². The van der Waals surface area contributed by atoms with Gasteiger partial charge in [-0.3, -0.25) is 14.9 Å². The minimum Gasteiger partial charge on any atom is -0.494 e. The molecule has 0 atom stereocenters. The molecule has 0 bridgehead atoms. The number of rotatable bonds is 8. The number of methoxy groups -OCH3 is 1. The molecule has 154 valence electrons. The first kappa shape index (κ1) is 21.2. The van der Waals surface area contributed by atoms with Crippen molar-refractivity contribution >= 4 is 57.6 Å². The molecule has 3 aromatic rings. The van der Waals surface area contributed by atoms with E-state index in [0.717, 1.165) is 9.75 Å². The molecule has 2 heterocycles. The Morgan fingerprint density at radius 2 is 1.93 bits per heavy atom. The number of amides is 1. The van der Waals surface area contributed by atoms with Crippen LogP contribution in [0.15, 0.2) is 53.2 Å². The van der Waals surface area contributed by atoms with Gasteiger partial charge in [0.25, 0.3) is 11.6 Å². The Balaban J connectivity index is 1.67. The fourth-order valence-corrected chi connectivity index (χ4v) is 3.86. The number of nitro benzene ring substituents is 1. The van der Waals surface area contributed by atoms with Gasteiger partial charge in [-0.1, -0.05) is 12.1 Å². The summed E-state index contributed by atoms with van der Waals surface area (Å²) in [6, 6.07) is 11.2. The summed E-state index contributed by atoms with van der Waals surface area (Å²) in [6.45, 7) is -0.522. The second kappa shape index (κ2) is 9.81. The van der Waals surface area contributed by atoms with E-state index < -0.39 is 23.4 Å². The van der Waals surface area contributed by atoms with E-state index in [1.54, 1.807) is 12.1 Å². The summed E-state index contributed by atoms with van der Waals surface area (Å²) >= 11 is 2.87. The number of nitrogens with one attached hydrogen (secondary N) is 1. The third-order valence-electron chi connectivity index (χ3n) is 3.84. The van der Waals surface area contributed by atoms with Crippen molar-refractivity contribution in [2.75, 3.05) is 19.0 Å². The number of hydrogen-bond acceptors (Lipinski definition) is 8. The van der Waals surface area contributed by atoms with Gasteiger partial charge in [0.15, 0.2) is 6.61 Å². The molecule has 0 aliphatic carbocycles. The molecular weight excluding hydrogens is 428 g/mol. The average molecular weight is 444 g/mol. The molecule has 2 aromatic heterocycles. The average Bonchev–Trinajstić information content (AvgIpc) is 3.44. The molecule has 30 heavy (non-hydrogen) atoms. The Kier molecular flexibility index (Phi) is 6.94. The first-order valence-corrected chi connectivity index (χ1v) is 10.3. The summed E-state index contributed by atoms with van der Waals surface area (Å²) in [5, 5.41) is 17.1. The summed E-state index contributed by atoms with van der Waals surface area (Å²) in [6.07, 6.45) is 1.72. The number of benzene rings is 1. The van der Waals surface area contributed by atoms with Gasteiger partial charge in [-0.05, 0) is 35.0 Å².